The number of carbonyl (C=O) groups is 1. The molecule has 0 aromatic carbocycles. The highest BCUT2D eigenvalue weighted by atomic mass is 16.5. The minimum atomic E-state index is -0.123. The number of aromatic nitrogens is 1. The largest absolute Gasteiger partial charge is 0.378 e. The summed E-state index contributed by atoms with van der Waals surface area (Å²) in [4.78, 5) is 18.3. The smallest absolute Gasteiger partial charge is 0.221 e. The Morgan fingerprint density at radius 3 is 3.00 bits per heavy atom. The molecule has 0 radical (unpaired) electrons. The van der Waals surface area contributed by atoms with Gasteiger partial charge in [0.15, 0.2) is 0 Å². The zero-order chi connectivity index (χ0) is 14.4. The lowest BCUT2D eigenvalue weighted by Gasteiger charge is -2.29. The Kier molecular flexibility index (Phi) is 5.31. The van der Waals surface area contributed by atoms with Crippen LogP contribution in [0.4, 0.5) is 5.82 Å². The van der Waals surface area contributed by atoms with Crippen LogP contribution < -0.4 is 16.0 Å². The van der Waals surface area contributed by atoms with Gasteiger partial charge in [-0.15, -0.1) is 0 Å². The van der Waals surface area contributed by atoms with Crippen molar-refractivity contribution in [2.75, 3.05) is 31.2 Å². The highest BCUT2D eigenvalue weighted by Crippen LogP contribution is 2.18. The summed E-state index contributed by atoms with van der Waals surface area (Å²) in [6.07, 6.45) is 2.12. The molecule has 0 spiro atoms. The Hall–Kier alpha value is -1.66. The molecule has 110 valence electrons. The van der Waals surface area contributed by atoms with Crippen LogP contribution in [0.1, 0.15) is 18.9 Å². The second-order valence-corrected chi connectivity index (χ2v) is 5.04. The molecule has 0 saturated carbocycles. The molecule has 1 aromatic rings. The van der Waals surface area contributed by atoms with E-state index in [1.807, 2.05) is 19.1 Å². The Labute approximate surface area is 119 Å². The molecule has 1 aliphatic heterocycles. The quantitative estimate of drug-likeness (QED) is 0.808. The lowest BCUT2D eigenvalue weighted by atomic mass is 10.2. The third-order valence-corrected chi connectivity index (χ3v) is 3.16. The predicted molar refractivity (Wildman–Crippen MR) is 77.4 cm³/mol. The summed E-state index contributed by atoms with van der Waals surface area (Å²) < 4.78 is 5.35. The Balaban J connectivity index is 1.98. The Morgan fingerprint density at radius 2 is 2.30 bits per heavy atom. The summed E-state index contributed by atoms with van der Waals surface area (Å²) in [6, 6.07) is 3.75. The van der Waals surface area contributed by atoms with Gasteiger partial charge in [0, 0.05) is 43.9 Å². The molecular formula is C14H22N4O2. The predicted octanol–water partition coefficient (Wildman–Crippen LogP) is 0.272. The van der Waals surface area contributed by atoms with Crippen LogP contribution in [0.25, 0.3) is 0 Å². The first-order chi connectivity index (χ1) is 9.66. The highest BCUT2D eigenvalue weighted by Gasteiger charge is 2.16. The summed E-state index contributed by atoms with van der Waals surface area (Å²) >= 11 is 0. The molecule has 3 N–H and O–H groups in total. The van der Waals surface area contributed by atoms with E-state index < -0.39 is 0 Å². The van der Waals surface area contributed by atoms with E-state index in [2.05, 4.69) is 15.2 Å². The molecule has 1 saturated heterocycles. The number of nitrogens with two attached hydrogens (primary N) is 1. The maximum absolute atomic E-state index is 11.7. The number of carbonyl (C=O) groups excluding carboxylic acids is 1. The van der Waals surface area contributed by atoms with Crippen molar-refractivity contribution in [2.45, 2.75) is 25.9 Å². The molecule has 1 aliphatic rings. The molecule has 1 fully saturated rings. The average Bonchev–Trinajstić information content (AvgIpc) is 2.46. The van der Waals surface area contributed by atoms with Gasteiger partial charge in [-0.25, -0.2) is 4.98 Å². The van der Waals surface area contributed by atoms with Crippen molar-refractivity contribution in [1.82, 2.24) is 10.3 Å². The molecule has 2 rings (SSSR count). The maximum atomic E-state index is 11.7. The molecule has 1 amide bonds. The van der Waals surface area contributed by atoms with E-state index in [-0.39, 0.29) is 11.9 Å². The summed E-state index contributed by atoms with van der Waals surface area (Å²) in [7, 11) is 0. The number of hydrogen-bond acceptors (Lipinski definition) is 5. The lowest BCUT2D eigenvalue weighted by Crippen LogP contribution is -2.38. The molecule has 6 heteroatoms. The number of morpholine rings is 1. The molecule has 1 aromatic heterocycles. The monoisotopic (exact) mass is 278 g/mol. The number of nitrogens with one attached hydrogen (secondary N) is 1. The SMILES string of the molecule is CC(N)CC(=O)NCc1cccnc1N1CCOCC1. The van der Waals surface area contributed by atoms with Crippen LogP contribution in [0.15, 0.2) is 18.3 Å². The third kappa shape index (κ3) is 4.18. The minimum absolute atomic E-state index is 0.0308. The molecule has 6 nitrogen and oxygen atoms in total. The van der Waals surface area contributed by atoms with Crippen LogP contribution in [0, 0.1) is 0 Å². The number of amides is 1. The number of anilines is 1. The fourth-order valence-electron chi connectivity index (χ4n) is 2.19. The van der Waals surface area contributed by atoms with Gasteiger partial charge in [0.05, 0.1) is 13.2 Å². The number of pyridine rings is 1. The molecule has 0 aliphatic carbocycles. The van der Waals surface area contributed by atoms with Gasteiger partial charge in [0.25, 0.3) is 0 Å². The van der Waals surface area contributed by atoms with Gasteiger partial charge < -0.3 is 20.7 Å². The first-order valence-corrected chi connectivity index (χ1v) is 6.95. The molecule has 1 unspecified atom stereocenters. The van der Waals surface area contributed by atoms with Crippen molar-refractivity contribution in [1.29, 1.82) is 0 Å². The van der Waals surface area contributed by atoms with Gasteiger partial charge in [0.1, 0.15) is 5.82 Å². The van der Waals surface area contributed by atoms with Crippen molar-refractivity contribution >= 4 is 11.7 Å². The topological polar surface area (TPSA) is 80.5 Å². The zero-order valence-electron chi connectivity index (χ0n) is 11.8. The zero-order valence-corrected chi connectivity index (χ0v) is 11.8. The van der Waals surface area contributed by atoms with Crippen LogP contribution >= 0.6 is 0 Å². The van der Waals surface area contributed by atoms with Crippen molar-refractivity contribution in [3.8, 4) is 0 Å². The van der Waals surface area contributed by atoms with Gasteiger partial charge in [-0.05, 0) is 13.0 Å². The first kappa shape index (κ1) is 14.7. The maximum Gasteiger partial charge on any atom is 0.221 e. The summed E-state index contributed by atoms with van der Waals surface area (Å²) in [5.41, 5.74) is 6.63. The van der Waals surface area contributed by atoms with Crippen molar-refractivity contribution in [3.05, 3.63) is 23.9 Å². The van der Waals surface area contributed by atoms with E-state index in [1.165, 1.54) is 0 Å². The van der Waals surface area contributed by atoms with Crippen LogP contribution in [0.2, 0.25) is 0 Å². The van der Waals surface area contributed by atoms with Crippen LogP contribution in [0.5, 0.6) is 0 Å². The fourth-order valence-corrected chi connectivity index (χ4v) is 2.19. The normalized spacial score (nSPS) is 16.8. The van der Waals surface area contributed by atoms with Gasteiger partial charge in [0.2, 0.25) is 5.91 Å². The van der Waals surface area contributed by atoms with Crippen molar-refractivity contribution in [2.24, 2.45) is 5.73 Å². The number of rotatable bonds is 5. The van der Waals surface area contributed by atoms with Crippen LogP contribution in [-0.2, 0) is 16.1 Å². The third-order valence-electron chi connectivity index (χ3n) is 3.16. The molecule has 20 heavy (non-hydrogen) atoms. The molecule has 1 atom stereocenters. The van der Waals surface area contributed by atoms with Crippen molar-refractivity contribution < 1.29 is 9.53 Å². The summed E-state index contributed by atoms with van der Waals surface area (Å²) in [5, 5.41) is 2.89. The highest BCUT2D eigenvalue weighted by molar-refractivity contribution is 5.76. The lowest BCUT2D eigenvalue weighted by molar-refractivity contribution is -0.121. The van der Waals surface area contributed by atoms with Crippen LogP contribution in [-0.4, -0.2) is 43.2 Å². The second kappa shape index (κ2) is 7.21. The average molecular weight is 278 g/mol. The second-order valence-electron chi connectivity index (χ2n) is 5.04. The van der Waals surface area contributed by atoms with E-state index in [1.54, 1.807) is 6.20 Å². The fraction of sp³-hybridized carbons (Fsp3) is 0.571. The van der Waals surface area contributed by atoms with E-state index in [0.29, 0.717) is 26.2 Å². The first-order valence-electron chi connectivity index (χ1n) is 6.95. The number of nitrogens with zero attached hydrogens (tertiary/aromatic N) is 2. The minimum Gasteiger partial charge on any atom is -0.378 e. The van der Waals surface area contributed by atoms with E-state index in [0.717, 1.165) is 24.5 Å². The van der Waals surface area contributed by atoms with Gasteiger partial charge in [-0.3, -0.25) is 4.79 Å². The van der Waals surface area contributed by atoms with E-state index in [4.69, 9.17) is 10.5 Å². The summed E-state index contributed by atoms with van der Waals surface area (Å²) in [6.45, 7) is 5.39. The van der Waals surface area contributed by atoms with E-state index >= 15 is 0 Å². The Bertz CT molecular complexity index is 445. The van der Waals surface area contributed by atoms with Crippen molar-refractivity contribution in [3.63, 3.8) is 0 Å². The number of hydrogen-bond donors (Lipinski definition) is 2. The molecule has 0 bridgehead atoms. The van der Waals surface area contributed by atoms with Gasteiger partial charge >= 0.3 is 0 Å². The molecular weight excluding hydrogens is 256 g/mol. The number of ether oxygens (including phenoxy) is 1. The van der Waals surface area contributed by atoms with Gasteiger partial charge in [-0.2, -0.15) is 0 Å². The standard InChI is InChI=1S/C14H22N4O2/c1-11(15)9-13(19)17-10-12-3-2-4-16-14(12)18-5-7-20-8-6-18/h2-4,11H,5-10,15H2,1H3,(H,17,19). The molecule has 2 heterocycles. The summed E-state index contributed by atoms with van der Waals surface area (Å²) in [5.74, 6) is 0.897. The van der Waals surface area contributed by atoms with E-state index in [9.17, 15) is 4.79 Å². The van der Waals surface area contributed by atoms with Crippen LogP contribution in [0.3, 0.4) is 0 Å². The Morgan fingerprint density at radius 1 is 1.55 bits per heavy atom. The van der Waals surface area contributed by atoms with Gasteiger partial charge in [-0.1, -0.05) is 6.07 Å².